The highest BCUT2D eigenvalue weighted by atomic mass is 32.1. The Balaban J connectivity index is 1.76. The average Bonchev–Trinajstić information content (AvgIpc) is 2.93. The van der Waals surface area contributed by atoms with Crippen molar-refractivity contribution in [2.75, 3.05) is 18.0 Å². The lowest BCUT2D eigenvalue weighted by atomic mass is 10.1. The van der Waals surface area contributed by atoms with E-state index in [9.17, 15) is 14.9 Å². The number of benzene rings is 1. The predicted molar refractivity (Wildman–Crippen MR) is 100.0 cm³/mol. The molecule has 6 nitrogen and oxygen atoms in total. The molecule has 26 heavy (non-hydrogen) atoms. The Bertz CT molecular complexity index is 899. The molecule has 0 saturated carbocycles. The van der Waals surface area contributed by atoms with Gasteiger partial charge in [0.15, 0.2) is 0 Å². The van der Waals surface area contributed by atoms with Crippen LogP contribution in [0.25, 0.3) is 0 Å². The number of piperazine rings is 1. The Morgan fingerprint density at radius 3 is 2.77 bits per heavy atom. The van der Waals surface area contributed by atoms with Gasteiger partial charge in [-0.05, 0) is 32.9 Å². The molecule has 7 heteroatoms. The van der Waals surface area contributed by atoms with Crippen LogP contribution in [0.15, 0.2) is 24.3 Å². The van der Waals surface area contributed by atoms with E-state index < -0.39 is 0 Å². The number of anilines is 1. The molecule has 0 spiro atoms. The van der Waals surface area contributed by atoms with Gasteiger partial charge in [-0.25, -0.2) is 4.98 Å². The van der Waals surface area contributed by atoms with E-state index in [4.69, 9.17) is 0 Å². The van der Waals surface area contributed by atoms with Crippen LogP contribution >= 0.6 is 11.3 Å². The summed E-state index contributed by atoms with van der Waals surface area (Å²) in [5, 5.41) is 10.2. The molecular formula is C19H20N4O2S. The van der Waals surface area contributed by atoms with Gasteiger partial charge in [0.2, 0.25) is 11.8 Å². The molecule has 1 aliphatic heterocycles. The largest absolute Gasteiger partial charge is 0.329 e. The van der Waals surface area contributed by atoms with Crippen LogP contribution in [0.5, 0.6) is 0 Å². The lowest BCUT2D eigenvalue weighted by molar-refractivity contribution is -0.138. The zero-order valence-corrected chi connectivity index (χ0v) is 15.8. The van der Waals surface area contributed by atoms with Crippen LogP contribution in [0.3, 0.4) is 0 Å². The predicted octanol–water partition coefficient (Wildman–Crippen LogP) is 2.44. The van der Waals surface area contributed by atoms with E-state index in [2.05, 4.69) is 11.1 Å². The number of amides is 2. The van der Waals surface area contributed by atoms with Crippen LogP contribution in [0, 0.1) is 25.2 Å². The Morgan fingerprint density at radius 2 is 2.12 bits per heavy atom. The maximum absolute atomic E-state index is 12.7. The molecule has 1 aliphatic rings. The Kier molecular flexibility index (Phi) is 5.05. The van der Waals surface area contributed by atoms with Gasteiger partial charge in [0, 0.05) is 17.5 Å². The first kappa shape index (κ1) is 18.1. The van der Waals surface area contributed by atoms with E-state index in [1.165, 1.54) is 11.3 Å². The summed E-state index contributed by atoms with van der Waals surface area (Å²) in [7, 11) is 0. The molecule has 2 aromatic rings. The van der Waals surface area contributed by atoms with Crippen LogP contribution in [0.2, 0.25) is 0 Å². The van der Waals surface area contributed by atoms with Crippen LogP contribution in [0.4, 0.5) is 5.69 Å². The maximum Gasteiger partial charge on any atom is 0.246 e. The molecule has 134 valence electrons. The molecule has 1 saturated heterocycles. The number of aryl methyl sites for hydroxylation is 2. The van der Waals surface area contributed by atoms with E-state index in [1.54, 1.807) is 34.1 Å². The quantitative estimate of drug-likeness (QED) is 0.834. The minimum atomic E-state index is -0.170. The minimum Gasteiger partial charge on any atom is -0.329 e. The number of hydrogen-bond acceptors (Lipinski definition) is 5. The minimum absolute atomic E-state index is 0.0244. The molecule has 0 N–H and O–H groups in total. The topological polar surface area (TPSA) is 77.3 Å². The van der Waals surface area contributed by atoms with E-state index in [1.807, 2.05) is 20.8 Å². The summed E-state index contributed by atoms with van der Waals surface area (Å²) in [4.78, 5) is 33.9. The van der Waals surface area contributed by atoms with Gasteiger partial charge in [-0.1, -0.05) is 12.1 Å². The van der Waals surface area contributed by atoms with Crippen molar-refractivity contribution in [2.45, 2.75) is 33.2 Å². The van der Waals surface area contributed by atoms with Crippen molar-refractivity contribution in [1.29, 1.82) is 5.26 Å². The lowest BCUT2D eigenvalue weighted by Gasteiger charge is -2.39. The third-order valence-corrected chi connectivity index (χ3v) is 5.61. The molecule has 1 aromatic carbocycles. The first-order valence-electron chi connectivity index (χ1n) is 8.42. The number of aromatic nitrogens is 1. The van der Waals surface area contributed by atoms with Crippen molar-refractivity contribution in [3.8, 4) is 6.07 Å². The third-order valence-electron chi connectivity index (χ3n) is 4.53. The lowest BCUT2D eigenvalue weighted by Crippen LogP contribution is -2.57. The highest BCUT2D eigenvalue weighted by Crippen LogP contribution is 2.25. The summed E-state index contributed by atoms with van der Waals surface area (Å²) in [6.07, 6.45) is 0.268. The van der Waals surface area contributed by atoms with Gasteiger partial charge in [0.05, 0.1) is 28.4 Å². The zero-order chi connectivity index (χ0) is 18.8. The van der Waals surface area contributed by atoms with Crippen molar-refractivity contribution in [1.82, 2.24) is 9.88 Å². The summed E-state index contributed by atoms with van der Waals surface area (Å²) >= 11 is 1.52. The van der Waals surface area contributed by atoms with Crippen molar-refractivity contribution in [3.05, 3.63) is 45.4 Å². The first-order valence-corrected chi connectivity index (χ1v) is 9.24. The average molecular weight is 368 g/mol. The fraction of sp³-hybridized carbons (Fsp3) is 0.368. The molecule has 2 heterocycles. The van der Waals surface area contributed by atoms with Crippen molar-refractivity contribution in [2.24, 2.45) is 0 Å². The van der Waals surface area contributed by atoms with Crippen molar-refractivity contribution in [3.63, 3.8) is 0 Å². The highest BCUT2D eigenvalue weighted by molar-refractivity contribution is 7.11. The number of para-hydroxylation sites is 1. The number of nitrogens with zero attached hydrogens (tertiary/aromatic N) is 4. The van der Waals surface area contributed by atoms with Crippen LogP contribution in [-0.2, 0) is 16.0 Å². The number of thiazole rings is 1. The fourth-order valence-corrected chi connectivity index (χ4v) is 4.13. The Hall–Kier alpha value is -2.72. The summed E-state index contributed by atoms with van der Waals surface area (Å²) in [6, 6.07) is 9.04. The summed E-state index contributed by atoms with van der Waals surface area (Å²) < 4.78 is 0. The Morgan fingerprint density at radius 1 is 1.38 bits per heavy atom. The van der Waals surface area contributed by atoms with Crippen molar-refractivity contribution >= 4 is 28.8 Å². The second kappa shape index (κ2) is 7.26. The zero-order valence-electron chi connectivity index (χ0n) is 15.0. The molecule has 0 aliphatic carbocycles. The summed E-state index contributed by atoms with van der Waals surface area (Å²) in [5.74, 6) is -0.234. The SMILES string of the molecule is Cc1nc(C)c(CC(=O)N2CC(=O)N(c3ccccc3C#N)C[C@H]2C)s1. The van der Waals surface area contributed by atoms with Crippen LogP contribution in [0.1, 0.15) is 28.1 Å². The van der Waals surface area contributed by atoms with Gasteiger partial charge in [0.1, 0.15) is 12.6 Å². The number of hydrogen-bond donors (Lipinski definition) is 0. The highest BCUT2D eigenvalue weighted by Gasteiger charge is 2.34. The number of nitriles is 1. The van der Waals surface area contributed by atoms with Gasteiger partial charge in [0.25, 0.3) is 0 Å². The van der Waals surface area contributed by atoms with Crippen molar-refractivity contribution < 1.29 is 9.59 Å². The van der Waals surface area contributed by atoms with Crippen LogP contribution in [-0.4, -0.2) is 40.8 Å². The molecule has 3 rings (SSSR count). The number of carbonyl (C=O) groups excluding carboxylic acids is 2. The Labute approximate surface area is 156 Å². The smallest absolute Gasteiger partial charge is 0.246 e. The number of rotatable bonds is 3. The molecule has 1 fully saturated rings. The molecule has 0 radical (unpaired) electrons. The molecule has 2 amide bonds. The maximum atomic E-state index is 12.7. The second-order valence-electron chi connectivity index (χ2n) is 6.42. The normalized spacial score (nSPS) is 17.3. The second-order valence-corrected chi connectivity index (χ2v) is 7.71. The molecule has 1 aromatic heterocycles. The van der Waals surface area contributed by atoms with E-state index >= 15 is 0 Å². The molecule has 1 atom stereocenters. The molecule has 0 bridgehead atoms. The van der Waals surface area contributed by atoms with E-state index in [0.717, 1.165) is 15.6 Å². The fourth-order valence-electron chi connectivity index (χ4n) is 3.20. The van der Waals surface area contributed by atoms with E-state index in [-0.39, 0.29) is 30.8 Å². The summed E-state index contributed by atoms with van der Waals surface area (Å²) in [5.41, 5.74) is 1.94. The molecular weight excluding hydrogens is 348 g/mol. The van der Waals surface area contributed by atoms with Gasteiger partial charge in [-0.3, -0.25) is 9.59 Å². The van der Waals surface area contributed by atoms with Gasteiger partial charge < -0.3 is 9.80 Å². The number of carbonyl (C=O) groups is 2. The van der Waals surface area contributed by atoms with Gasteiger partial charge in [-0.2, -0.15) is 5.26 Å². The van der Waals surface area contributed by atoms with Gasteiger partial charge in [-0.15, -0.1) is 11.3 Å². The van der Waals surface area contributed by atoms with E-state index in [0.29, 0.717) is 17.8 Å². The van der Waals surface area contributed by atoms with Crippen LogP contribution < -0.4 is 4.90 Å². The third kappa shape index (κ3) is 3.46. The summed E-state index contributed by atoms with van der Waals surface area (Å²) in [6.45, 7) is 6.15. The first-order chi connectivity index (χ1) is 12.4. The molecule has 0 unspecified atom stereocenters. The monoisotopic (exact) mass is 368 g/mol. The van der Waals surface area contributed by atoms with Gasteiger partial charge >= 0.3 is 0 Å². The standard InChI is InChI=1S/C19H20N4O2S/c1-12-10-23(16-7-5-4-6-15(16)9-20)19(25)11-22(12)18(24)8-17-13(2)21-14(3)26-17/h4-7,12H,8,10-11H2,1-3H3/t12-/m1/s1.